The fraction of sp³-hybridized carbons (Fsp3) is 0.188. The molecule has 2 rings (SSSR count). The van der Waals surface area contributed by atoms with E-state index in [1.807, 2.05) is 6.92 Å². The Balaban J connectivity index is 2.21. The average molecular weight is 323 g/mol. The van der Waals surface area contributed by atoms with Gasteiger partial charge in [0.25, 0.3) is 0 Å². The van der Waals surface area contributed by atoms with Crippen LogP contribution < -0.4 is 15.3 Å². The Morgan fingerprint density at radius 1 is 1.23 bits per heavy atom. The minimum absolute atomic E-state index is 0.00983. The fourth-order valence-corrected chi connectivity index (χ4v) is 2.12. The maximum atomic E-state index is 13.7. The van der Waals surface area contributed by atoms with Crippen LogP contribution in [-0.4, -0.2) is 12.8 Å². The van der Waals surface area contributed by atoms with Crippen molar-refractivity contribution in [3.63, 3.8) is 0 Å². The number of benzene rings is 2. The van der Waals surface area contributed by atoms with Crippen LogP contribution in [-0.2, 0) is 6.61 Å². The molecule has 0 aliphatic rings. The maximum Gasteiger partial charge on any atom is 0.161 e. The molecule has 22 heavy (non-hydrogen) atoms. The molecule has 0 bridgehead atoms. The van der Waals surface area contributed by atoms with Gasteiger partial charge in [-0.15, -0.1) is 0 Å². The molecule has 0 aromatic heterocycles. The first-order valence-corrected chi connectivity index (χ1v) is 7.09. The third-order valence-corrected chi connectivity index (χ3v) is 3.28. The molecule has 0 aliphatic carbocycles. The van der Waals surface area contributed by atoms with Gasteiger partial charge in [-0.3, -0.25) is 0 Å². The Hall–Kier alpha value is -2.27. The number of nitrogens with zero attached hydrogens (tertiary/aromatic N) is 1. The van der Waals surface area contributed by atoms with Gasteiger partial charge < -0.3 is 15.3 Å². The van der Waals surface area contributed by atoms with E-state index in [1.165, 1.54) is 12.3 Å². The van der Waals surface area contributed by atoms with Crippen molar-refractivity contribution in [3.8, 4) is 11.5 Å². The highest BCUT2D eigenvalue weighted by Gasteiger charge is 2.11. The van der Waals surface area contributed by atoms with Gasteiger partial charge in [0.1, 0.15) is 12.4 Å². The Morgan fingerprint density at radius 3 is 2.73 bits per heavy atom. The zero-order valence-corrected chi connectivity index (χ0v) is 12.8. The topological polar surface area (TPSA) is 56.8 Å². The average Bonchev–Trinajstić information content (AvgIpc) is 2.49. The molecule has 6 heteroatoms. The summed E-state index contributed by atoms with van der Waals surface area (Å²) in [7, 11) is 0. The molecule has 116 valence electrons. The summed E-state index contributed by atoms with van der Waals surface area (Å²) in [5, 5.41) is 3.79. The van der Waals surface area contributed by atoms with Gasteiger partial charge in [-0.05, 0) is 42.8 Å². The maximum absolute atomic E-state index is 13.7. The molecule has 0 spiro atoms. The number of ether oxygens (including phenoxy) is 2. The molecule has 0 fully saturated rings. The Bertz CT molecular complexity index is 657. The molecule has 0 aliphatic heterocycles. The van der Waals surface area contributed by atoms with Gasteiger partial charge in [-0.25, -0.2) is 4.39 Å². The minimum atomic E-state index is -0.405. The first kappa shape index (κ1) is 16.1. The van der Waals surface area contributed by atoms with E-state index in [1.54, 1.807) is 30.3 Å². The molecule has 0 saturated heterocycles. The van der Waals surface area contributed by atoms with Crippen LogP contribution in [0.1, 0.15) is 18.1 Å². The van der Waals surface area contributed by atoms with Gasteiger partial charge in [0.05, 0.1) is 17.8 Å². The van der Waals surface area contributed by atoms with Crippen molar-refractivity contribution in [2.75, 3.05) is 6.61 Å². The smallest absolute Gasteiger partial charge is 0.161 e. The molecular formula is C16H16ClFN2O2. The fourth-order valence-electron chi connectivity index (χ4n) is 1.90. The highest BCUT2D eigenvalue weighted by molar-refractivity contribution is 6.31. The van der Waals surface area contributed by atoms with E-state index >= 15 is 0 Å². The SMILES string of the molecule is CCOc1cc(/C=N\N)ccc1OCc1c(F)cccc1Cl. The lowest BCUT2D eigenvalue weighted by Crippen LogP contribution is -2.02. The van der Waals surface area contributed by atoms with E-state index < -0.39 is 5.82 Å². The summed E-state index contributed by atoms with van der Waals surface area (Å²) in [4.78, 5) is 0. The first-order chi connectivity index (χ1) is 10.7. The van der Waals surface area contributed by atoms with Gasteiger partial charge in [-0.1, -0.05) is 17.7 Å². The summed E-state index contributed by atoms with van der Waals surface area (Å²) < 4.78 is 24.9. The standard InChI is InChI=1S/C16H16ClFN2O2/c1-2-21-16-8-11(9-20-19)6-7-15(16)22-10-12-13(17)4-3-5-14(12)18/h3-9H,2,10,19H2,1H3/b20-9-. The van der Waals surface area contributed by atoms with Crippen LogP contribution >= 0.6 is 11.6 Å². The quantitative estimate of drug-likeness (QED) is 0.500. The number of hydrazone groups is 1. The van der Waals surface area contributed by atoms with Gasteiger partial charge in [0.15, 0.2) is 11.5 Å². The normalized spacial score (nSPS) is 10.9. The molecule has 0 saturated carbocycles. The predicted molar refractivity (Wildman–Crippen MR) is 85.1 cm³/mol. The summed E-state index contributed by atoms with van der Waals surface area (Å²) >= 11 is 5.98. The van der Waals surface area contributed by atoms with E-state index in [9.17, 15) is 4.39 Å². The van der Waals surface area contributed by atoms with E-state index in [-0.39, 0.29) is 6.61 Å². The Kier molecular flexibility index (Phi) is 5.61. The van der Waals surface area contributed by atoms with Gasteiger partial charge in [-0.2, -0.15) is 5.10 Å². The van der Waals surface area contributed by atoms with Crippen LogP contribution in [0.15, 0.2) is 41.5 Å². The molecule has 0 atom stereocenters. The van der Waals surface area contributed by atoms with Gasteiger partial charge >= 0.3 is 0 Å². The zero-order chi connectivity index (χ0) is 15.9. The number of halogens is 2. The molecule has 4 nitrogen and oxygen atoms in total. The van der Waals surface area contributed by atoms with Crippen LogP contribution in [0.2, 0.25) is 5.02 Å². The monoisotopic (exact) mass is 322 g/mol. The van der Waals surface area contributed by atoms with Crippen LogP contribution in [0.3, 0.4) is 0 Å². The van der Waals surface area contributed by atoms with Gasteiger partial charge in [0.2, 0.25) is 0 Å². The Labute approximate surface area is 133 Å². The van der Waals surface area contributed by atoms with Crippen LogP contribution in [0.4, 0.5) is 4.39 Å². The highest BCUT2D eigenvalue weighted by atomic mass is 35.5. The van der Waals surface area contributed by atoms with Crippen molar-refractivity contribution in [2.24, 2.45) is 10.9 Å². The van der Waals surface area contributed by atoms with Crippen molar-refractivity contribution < 1.29 is 13.9 Å². The van der Waals surface area contributed by atoms with E-state index in [0.29, 0.717) is 28.7 Å². The zero-order valence-electron chi connectivity index (χ0n) is 12.1. The molecule has 0 unspecified atom stereocenters. The summed E-state index contributed by atoms with van der Waals surface area (Å²) in [6.07, 6.45) is 1.50. The molecule has 0 heterocycles. The summed E-state index contributed by atoms with van der Waals surface area (Å²) in [5.74, 6) is 5.76. The van der Waals surface area contributed by atoms with Crippen LogP contribution in [0.25, 0.3) is 0 Å². The second-order valence-electron chi connectivity index (χ2n) is 4.41. The largest absolute Gasteiger partial charge is 0.490 e. The minimum Gasteiger partial charge on any atom is -0.490 e. The van der Waals surface area contributed by atoms with Crippen molar-refractivity contribution in [3.05, 3.63) is 58.4 Å². The lowest BCUT2D eigenvalue weighted by molar-refractivity contribution is 0.266. The second-order valence-corrected chi connectivity index (χ2v) is 4.81. The lowest BCUT2D eigenvalue weighted by Gasteiger charge is -2.13. The van der Waals surface area contributed by atoms with Gasteiger partial charge in [0, 0.05) is 5.56 Å². The number of rotatable bonds is 6. The van der Waals surface area contributed by atoms with E-state index in [2.05, 4.69) is 5.10 Å². The first-order valence-electron chi connectivity index (χ1n) is 6.71. The van der Waals surface area contributed by atoms with Crippen molar-refractivity contribution in [1.82, 2.24) is 0 Å². The second kappa shape index (κ2) is 7.66. The summed E-state index contributed by atoms with van der Waals surface area (Å²) in [5.41, 5.74) is 1.08. The molecular weight excluding hydrogens is 307 g/mol. The number of hydrogen-bond donors (Lipinski definition) is 1. The molecule has 2 N–H and O–H groups in total. The van der Waals surface area contributed by atoms with Crippen molar-refractivity contribution in [1.29, 1.82) is 0 Å². The summed E-state index contributed by atoms with van der Waals surface area (Å²) in [6, 6.07) is 9.75. The van der Waals surface area contributed by atoms with E-state index in [4.69, 9.17) is 26.9 Å². The summed E-state index contributed by atoms with van der Waals surface area (Å²) in [6.45, 7) is 2.34. The van der Waals surface area contributed by atoms with Crippen LogP contribution in [0.5, 0.6) is 11.5 Å². The number of nitrogens with two attached hydrogens (primary N) is 1. The van der Waals surface area contributed by atoms with Crippen molar-refractivity contribution >= 4 is 17.8 Å². The Morgan fingerprint density at radius 2 is 2.05 bits per heavy atom. The molecule has 2 aromatic carbocycles. The molecule has 0 radical (unpaired) electrons. The van der Waals surface area contributed by atoms with Crippen LogP contribution in [0, 0.1) is 5.82 Å². The van der Waals surface area contributed by atoms with Crippen molar-refractivity contribution in [2.45, 2.75) is 13.5 Å². The lowest BCUT2D eigenvalue weighted by atomic mass is 10.2. The third kappa shape index (κ3) is 3.89. The number of hydrogen-bond acceptors (Lipinski definition) is 4. The molecule has 2 aromatic rings. The van der Waals surface area contributed by atoms with E-state index in [0.717, 1.165) is 5.56 Å². The third-order valence-electron chi connectivity index (χ3n) is 2.92. The predicted octanol–water partition coefficient (Wildman–Crippen LogP) is 3.75. The highest BCUT2D eigenvalue weighted by Crippen LogP contribution is 2.30. The molecule has 0 amide bonds.